The monoisotopic (exact) mass is 374 g/mol. The molecule has 3 aromatic rings. The Morgan fingerprint density at radius 2 is 1.96 bits per heavy atom. The fourth-order valence-corrected chi connectivity index (χ4v) is 2.40. The van der Waals surface area contributed by atoms with E-state index < -0.39 is 5.91 Å². The van der Waals surface area contributed by atoms with Crippen molar-refractivity contribution in [3.8, 4) is 5.69 Å². The van der Waals surface area contributed by atoms with Crippen molar-refractivity contribution in [3.05, 3.63) is 46.8 Å². The molecular weight excluding hydrogens is 364 g/mol. The molecule has 0 atom stereocenters. The van der Waals surface area contributed by atoms with Gasteiger partial charge in [0.05, 0.1) is 18.1 Å². The second-order valence-corrected chi connectivity index (χ2v) is 5.41. The van der Waals surface area contributed by atoms with Crippen molar-refractivity contribution in [1.82, 2.24) is 25.0 Å². The van der Waals surface area contributed by atoms with Crippen LogP contribution in [-0.2, 0) is 0 Å². The highest BCUT2D eigenvalue weighted by atomic mass is 79.9. The van der Waals surface area contributed by atoms with Crippen LogP contribution in [0.2, 0.25) is 0 Å². The number of aromatic nitrogens is 5. The Morgan fingerprint density at radius 3 is 2.65 bits per heavy atom. The summed E-state index contributed by atoms with van der Waals surface area (Å²) in [6, 6.07) is 5.43. The number of benzene rings is 1. The van der Waals surface area contributed by atoms with Crippen LogP contribution in [0.1, 0.15) is 10.4 Å². The van der Waals surface area contributed by atoms with Gasteiger partial charge < -0.3 is 16.8 Å². The number of anilines is 3. The van der Waals surface area contributed by atoms with Crippen LogP contribution >= 0.6 is 15.9 Å². The molecule has 0 spiro atoms. The quantitative estimate of drug-likeness (QED) is 0.624. The molecule has 2 heterocycles. The van der Waals surface area contributed by atoms with Gasteiger partial charge in [0.25, 0.3) is 5.91 Å². The maximum Gasteiger partial charge on any atom is 0.254 e. The van der Waals surface area contributed by atoms with Crippen LogP contribution in [0.25, 0.3) is 5.69 Å². The van der Waals surface area contributed by atoms with Crippen LogP contribution in [0.4, 0.5) is 17.5 Å². The van der Waals surface area contributed by atoms with Gasteiger partial charge in [0, 0.05) is 16.4 Å². The molecule has 2 aromatic heterocycles. The Bertz CT molecular complexity index is 864. The van der Waals surface area contributed by atoms with Gasteiger partial charge in [0.1, 0.15) is 11.4 Å². The van der Waals surface area contributed by atoms with E-state index in [1.165, 1.54) is 11.0 Å². The van der Waals surface area contributed by atoms with Crippen LogP contribution in [0.3, 0.4) is 0 Å². The minimum Gasteiger partial charge on any atom is -0.368 e. The van der Waals surface area contributed by atoms with E-state index in [9.17, 15) is 4.79 Å². The Balaban J connectivity index is 2.01. The molecule has 5 N–H and O–H groups in total. The van der Waals surface area contributed by atoms with E-state index in [1.807, 2.05) is 6.07 Å². The van der Waals surface area contributed by atoms with Crippen molar-refractivity contribution in [1.29, 1.82) is 0 Å². The molecule has 0 aliphatic rings. The average Bonchev–Trinajstić information content (AvgIpc) is 3.00. The Labute approximate surface area is 138 Å². The molecule has 0 saturated heterocycles. The summed E-state index contributed by atoms with van der Waals surface area (Å²) >= 11 is 3.42. The summed E-state index contributed by atoms with van der Waals surface area (Å²) in [5.41, 5.74) is 12.4. The van der Waals surface area contributed by atoms with Crippen molar-refractivity contribution < 1.29 is 4.79 Å². The zero-order chi connectivity index (χ0) is 16.4. The second kappa shape index (κ2) is 6.01. The first-order chi connectivity index (χ1) is 11.0. The number of hydrogen-bond acceptors (Lipinski definition) is 7. The first kappa shape index (κ1) is 14.9. The molecule has 0 bridgehead atoms. The van der Waals surface area contributed by atoms with Gasteiger partial charge in [0.2, 0.25) is 5.95 Å². The highest BCUT2D eigenvalue weighted by Crippen LogP contribution is 2.25. The topological polar surface area (TPSA) is 138 Å². The van der Waals surface area contributed by atoms with Crippen molar-refractivity contribution in [2.45, 2.75) is 0 Å². The summed E-state index contributed by atoms with van der Waals surface area (Å²) < 4.78 is 0.789. The maximum absolute atomic E-state index is 11.5. The SMILES string of the molecule is NC(=O)c1cnc(N)nc1Nc1cc(Br)cc(-n2nccn2)c1. The molecule has 3 rings (SSSR count). The highest BCUT2D eigenvalue weighted by molar-refractivity contribution is 9.10. The summed E-state index contributed by atoms with van der Waals surface area (Å²) in [4.78, 5) is 20.7. The van der Waals surface area contributed by atoms with Gasteiger partial charge in [-0.25, -0.2) is 4.98 Å². The van der Waals surface area contributed by atoms with Crippen LogP contribution in [-0.4, -0.2) is 30.9 Å². The molecule has 10 heteroatoms. The van der Waals surface area contributed by atoms with Crippen molar-refractivity contribution in [2.75, 3.05) is 11.1 Å². The number of nitrogens with two attached hydrogens (primary N) is 2. The number of carbonyl (C=O) groups excluding carboxylic acids is 1. The van der Waals surface area contributed by atoms with Gasteiger partial charge in [-0.15, -0.1) is 0 Å². The minimum atomic E-state index is -0.656. The third kappa shape index (κ3) is 3.26. The van der Waals surface area contributed by atoms with Crippen LogP contribution < -0.4 is 16.8 Å². The third-order valence-corrected chi connectivity index (χ3v) is 3.33. The number of nitrogens with one attached hydrogen (secondary N) is 1. The van der Waals surface area contributed by atoms with E-state index in [-0.39, 0.29) is 17.3 Å². The molecule has 116 valence electrons. The number of rotatable bonds is 4. The van der Waals surface area contributed by atoms with E-state index in [4.69, 9.17) is 11.5 Å². The van der Waals surface area contributed by atoms with Gasteiger partial charge >= 0.3 is 0 Å². The number of hydrogen-bond donors (Lipinski definition) is 3. The molecule has 1 amide bonds. The Morgan fingerprint density at radius 1 is 1.22 bits per heavy atom. The molecule has 0 fully saturated rings. The normalized spacial score (nSPS) is 10.5. The zero-order valence-corrected chi connectivity index (χ0v) is 13.2. The zero-order valence-electron chi connectivity index (χ0n) is 11.6. The minimum absolute atomic E-state index is 0.0291. The largest absolute Gasteiger partial charge is 0.368 e. The fraction of sp³-hybridized carbons (Fsp3) is 0. The van der Waals surface area contributed by atoms with Gasteiger partial charge in [0.15, 0.2) is 0 Å². The van der Waals surface area contributed by atoms with Crippen molar-refractivity contribution >= 4 is 39.3 Å². The van der Waals surface area contributed by atoms with Gasteiger partial charge in [-0.3, -0.25) is 4.79 Å². The smallest absolute Gasteiger partial charge is 0.254 e. The summed E-state index contributed by atoms with van der Waals surface area (Å²) in [7, 11) is 0. The Kier molecular flexibility index (Phi) is 3.89. The predicted molar refractivity (Wildman–Crippen MR) is 87.3 cm³/mol. The summed E-state index contributed by atoms with van der Waals surface area (Å²) in [6.45, 7) is 0. The molecular formula is C13H11BrN8O. The number of nitrogen functional groups attached to an aromatic ring is 1. The number of halogens is 1. The van der Waals surface area contributed by atoms with Crippen molar-refractivity contribution in [3.63, 3.8) is 0 Å². The number of amides is 1. The van der Waals surface area contributed by atoms with Crippen molar-refractivity contribution in [2.24, 2.45) is 5.73 Å². The molecule has 0 aliphatic heterocycles. The maximum atomic E-state index is 11.5. The lowest BCUT2D eigenvalue weighted by Gasteiger charge is -2.11. The number of carbonyl (C=O) groups is 1. The van der Waals surface area contributed by atoms with Gasteiger partial charge in [-0.1, -0.05) is 15.9 Å². The lowest BCUT2D eigenvalue weighted by Crippen LogP contribution is -2.15. The molecule has 0 unspecified atom stereocenters. The summed E-state index contributed by atoms with van der Waals surface area (Å²) in [6.07, 6.45) is 4.43. The molecule has 9 nitrogen and oxygen atoms in total. The molecule has 0 aliphatic carbocycles. The molecule has 0 saturated carbocycles. The lowest BCUT2D eigenvalue weighted by molar-refractivity contribution is 0.100. The third-order valence-electron chi connectivity index (χ3n) is 2.87. The highest BCUT2D eigenvalue weighted by Gasteiger charge is 2.12. The first-order valence-electron chi connectivity index (χ1n) is 6.39. The second-order valence-electron chi connectivity index (χ2n) is 4.50. The van der Waals surface area contributed by atoms with Crippen LogP contribution in [0, 0.1) is 0 Å². The van der Waals surface area contributed by atoms with Crippen LogP contribution in [0.5, 0.6) is 0 Å². The van der Waals surface area contributed by atoms with E-state index in [0.29, 0.717) is 5.69 Å². The van der Waals surface area contributed by atoms with Crippen LogP contribution in [0.15, 0.2) is 41.3 Å². The van der Waals surface area contributed by atoms with Gasteiger partial charge in [-0.05, 0) is 18.2 Å². The number of primary amides is 1. The molecule has 1 aromatic carbocycles. The van der Waals surface area contributed by atoms with E-state index in [1.54, 1.807) is 24.5 Å². The number of nitrogens with zero attached hydrogens (tertiary/aromatic N) is 5. The Hall–Kier alpha value is -3.01. The lowest BCUT2D eigenvalue weighted by atomic mass is 10.2. The summed E-state index contributed by atoms with van der Waals surface area (Å²) in [5, 5.41) is 11.2. The fourth-order valence-electron chi connectivity index (χ4n) is 1.92. The molecule has 23 heavy (non-hydrogen) atoms. The standard InChI is InChI=1S/C13H11BrN8O/c14-7-3-8(5-9(4-7)22-18-1-2-19-22)20-12-10(11(15)23)6-17-13(16)21-12/h1-6H,(H2,15,23)(H3,16,17,20,21). The van der Waals surface area contributed by atoms with E-state index in [2.05, 4.69) is 41.4 Å². The van der Waals surface area contributed by atoms with E-state index in [0.717, 1.165) is 10.2 Å². The predicted octanol–water partition coefficient (Wildman–Crippen LogP) is 1.24. The average molecular weight is 375 g/mol. The molecule has 0 radical (unpaired) electrons. The van der Waals surface area contributed by atoms with E-state index >= 15 is 0 Å². The van der Waals surface area contributed by atoms with Gasteiger partial charge in [-0.2, -0.15) is 20.0 Å². The summed E-state index contributed by atoms with van der Waals surface area (Å²) in [5.74, 6) is -0.402. The first-order valence-corrected chi connectivity index (χ1v) is 7.19.